The molecule has 1 fully saturated rings. The molecule has 1 aliphatic rings. The van der Waals surface area contributed by atoms with Crippen LogP contribution in [-0.4, -0.2) is 33.9 Å². The van der Waals surface area contributed by atoms with Crippen molar-refractivity contribution in [3.8, 4) is 0 Å². The number of rotatable bonds is 3. The van der Waals surface area contributed by atoms with E-state index in [2.05, 4.69) is 0 Å². The lowest BCUT2D eigenvalue weighted by Gasteiger charge is -2.18. The van der Waals surface area contributed by atoms with Crippen molar-refractivity contribution in [2.75, 3.05) is 11.4 Å². The first kappa shape index (κ1) is 14.5. The van der Waals surface area contributed by atoms with E-state index in [1.807, 2.05) is 0 Å². The summed E-state index contributed by atoms with van der Waals surface area (Å²) >= 11 is 1.04. The van der Waals surface area contributed by atoms with E-state index in [0.29, 0.717) is 0 Å². The highest BCUT2D eigenvalue weighted by Crippen LogP contribution is 2.31. The molecule has 1 amide bonds. The number of benzene rings is 1. The highest BCUT2D eigenvalue weighted by molar-refractivity contribution is 8.14. The SMILES string of the molecule is CC(=O)SC1CC(=O)N(c2cc(F)ccc2C(=O)O)C1. The van der Waals surface area contributed by atoms with Gasteiger partial charge in [0, 0.05) is 25.1 Å². The van der Waals surface area contributed by atoms with Crippen molar-refractivity contribution in [1.82, 2.24) is 0 Å². The molecule has 0 aromatic heterocycles. The lowest BCUT2D eigenvalue weighted by atomic mass is 10.1. The summed E-state index contributed by atoms with van der Waals surface area (Å²) < 4.78 is 13.3. The number of carbonyl (C=O) groups is 3. The first-order valence-electron chi connectivity index (χ1n) is 5.89. The number of anilines is 1. The van der Waals surface area contributed by atoms with E-state index in [1.165, 1.54) is 11.8 Å². The topological polar surface area (TPSA) is 74.7 Å². The van der Waals surface area contributed by atoms with Gasteiger partial charge in [0.05, 0.1) is 11.3 Å². The van der Waals surface area contributed by atoms with Crippen molar-refractivity contribution in [2.45, 2.75) is 18.6 Å². The van der Waals surface area contributed by atoms with Gasteiger partial charge < -0.3 is 10.0 Å². The van der Waals surface area contributed by atoms with Crippen molar-refractivity contribution in [1.29, 1.82) is 0 Å². The second-order valence-electron chi connectivity index (χ2n) is 4.41. The highest BCUT2D eigenvalue weighted by atomic mass is 32.2. The van der Waals surface area contributed by atoms with Crippen LogP contribution >= 0.6 is 11.8 Å². The summed E-state index contributed by atoms with van der Waals surface area (Å²) in [6.07, 6.45) is 0.139. The van der Waals surface area contributed by atoms with Crippen LogP contribution < -0.4 is 4.90 Å². The molecule has 1 unspecified atom stereocenters. The van der Waals surface area contributed by atoms with E-state index >= 15 is 0 Å². The number of carbonyl (C=O) groups excluding carboxylic acids is 2. The monoisotopic (exact) mass is 297 g/mol. The Kier molecular flexibility index (Phi) is 4.08. The smallest absolute Gasteiger partial charge is 0.337 e. The summed E-state index contributed by atoms with van der Waals surface area (Å²) in [5.74, 6) is -2.15. The number of aromatic carboxylic acids is 1. The zero-order valence-electron chi connectivity index (χ0n) is 10.6. The average Bonchev–Trinajstić information content (AvgIpc) is 2.68. The number of carboxylic acids is 1. The number of halogens is 1. The van der Waals surface area contributed by atoms with Gasteiger partial charge in [-0.25, -0.2) is 9.18 Å². The lowest BCUT2D eigenvalue weighted by molar-refractivity contribution is -0.117. The maximum atomic E-state index is 13.3. The van der Waals surface area contributed by atoms with E-state index in [-0.39, 0.29) is 40.5 Å². The summed E-state index contributed by atoms with van der Waals surface area (Å²) in [4.78, 5) is 35.4. The zero-order chi connectivity index (χ0) is 14.9. The zero-order valence-corrected chi connectivity index (χ0v) is 11.4. The van der Waals surface area contributed by atoms with Crippen molar-refractivity contribution >= 4 is 34.4 Å². The quantitative estimate of drug-likeness (QED) is 0.922. The summed E-state index contributed by atoms with van der Waals surface area (Å²) in [7, 11) is 0. The summed E-state index contributed by atoms with van der Waals surface area (Å²) in [6, 6.07) is 3.20. The Labute approximate surface area is 118 Å². The fourth-order valence-corrected chi connectivity index (χ4v) is 3.05. The van der Waals surface area contributed by atoms with Crippen molar-refractivity contribution in [2.24, 2.45) is 0 Å². The van der Waals surface area contributed by atoms with Crippen LogP contribution in [0.2, 0.25) is 0 Å². The molecule has 1 aromatic rings. The molecular formula is C13H12FNO4S. The molecule has 0 spiro atoms. The molecule has 1 N–H and O–H groups in total. The summed E-state index contributed by atoms with van der Waals surface area (Å²) in [5.41, 5.74) is -0.0950. The highest BCUT2D eigenvalue weighted by Gasteiger charge is 2.34. The van der Waals surface area contributed by atoms with E-state index in [0.717, 1.165) is 30.0 Å². The third-order valence-electron chi connectivity index (χ3n) is 2.90. The molecule has 1 aliphatic heterocycles. The molecule has 20 heavy (non-hydrogen) atoms. The minimum absolute atomic E-state index is 0.0363. The number of thioether (sulfide) groups is 1. The van der Waals surface area contributed by atoms with E-state index < -0.39 is 11.8 Å². The van der Waals surface area contributed by atoms with Gasteiger partial charge in [0.1, 0.15) is 5.82 Å². The number of carboxylic acid groups (broad SMARTS) is 1. The third kappa shape index (κ3) is 2.98. The standard InChI is InChI=1S/C13H12FNO4S/c1-7(16)20-9-5-12(17)15(6-9)11-4-8(14)2-3-10(11)13(18)19/h2-4,9H,5-6H2,1H3,(H,18,19). The summed E-state index contributed by atoms with van der Waals surface area (Å²) in [6.45, 7) is 1.61. The molecular weight excluding hydrogens is 285 g/mol. The third-order valence-corrected chi connectivity index (χ3v) is 3.88. The molecule has 1 aromatic carbocycles. The molecule has 0 aliphatic carbocycles. The second-order valence-corrected chi connectivity index (χ2v) is 5.88. The minimum atomic E-state index is -1.23. The lowest BCUT2D eigenvalue weighted by Crippen LogP contribution is -2.27. The fourth-order valence-electron chi connectivity index (χ4n) is 2.13. The normalized spacial score (nSPS) is 18.4. The average molecular weight is 297 g/mol. The Morgan fingerprint density at radius 1 is 1.45 bits per heavy atom. The van der Waals surface area contributed by atoms with Crippen LogP contribution in [0.4, 0.5) is 10.1 Å². The Hall–Kier alpha value is -1.89. The van der Waals surface area contributed by atoms with Crippen LogP contribution in [0.5, 0.6) is 0 Å². The van der Waals surface area contributed by atoms with Crippen LogP contribution in [0.3, 0.4) is 0 Å². The van der Waals surface area contributed by atoms with Crippen molar-refractivity contribution in [3.05, 3.63) is 29.6 Å². The number of hydrogen-bond donors (Lipinski definition) is 1. The Morgan fingerprint density at radius 3 is 2.75 bits per heavy atom. The first-order valence-corrected chi connectivity index (χ1v) is 6.77. The van der Waals surface area contributed by atoms with Crippen LogP contribution in [-0.2, 0) is 9.59 Å². The van der Waals surface area contributed by atoms with E-state index in [9.17, 15) is 18.8 Å². The predicted molar refractivity (Wildman–Crippen MR) is 72.4 cm³/mol. The number of hydrogen-bond acceptors (Lipinski definition) is 4. The Morgan fingerprint density at radius 2 is 2.15 bits per heavy atom. The van der Waals surface area contributed by atoms with Gasteiger partial charge in [0.25, 0.3) is 0 Å². The second kappa shape index (κ2) is 5.62. The van der Waals surface area contributed by atoms with Crippen LogP contribution in [0, 0.1) is 5.82 Å². The van der Waals surface area contributed by atoms with Gasteiger partial charge in [-0.15, -0.1) is 0 Å². The van der Waals surface area contributed by atoms with Crippen LogP contribution in [0.1, 0.15) is 23.7 Å². The van der Waals surface area contributed by atoms with Gasteiger partial charge >= 0.3 is 5.97 Å². The number of amides is 1. The van der Waals surface area contributed by atoms with Crippen molar-refractivity contribution < 1.29 is 23.9 Å². The van der Waals surface area contributed by atoms with E-state index in [4.69, 9.17) is 5.11 Å². The maximum Gasteiger partial charge on any atom is 0.337 e. The molecule has 5 nitrogen and oxygen atoms in total. The van der Waals surface area contributed by atoms with E-state index in [1.54, 1.807) is 0 Å². The minimum Gasteiger partial charge on any atom is -0.478 e. The Bertz CT molecular complexity index is 590. The molecule has 106 valence electrons. The number of nitrogens with zero attached hydrogens (tertiary/aromatic N) is 1. The van der Waals surface area contributed by atoms with Gasteiger partial charge in [-0.05, 0) is 18.2 Å². The molecule has 2 rings (SSSR count). The van der Waals surface area contributed by atoms with Gasteiger partial charge in [0.2, 0.25) is 5.91 Å². The molecule has 0 saturated carbocycles. The Balaban J connectivity index is 2.32. The molecule has 1 atom stereocenters. The van der Waals surface area contributed by atoms with Crippen molar-refractivity contribution in [3.63, 3.8) is 0 Å². The van der Waals surface area contributed by atoms with Crippen LogP contribution in [0.25, 0.3) is 0 Å². The van der Waals surface area contributed by atoms with Gasteiger partial charge in [-0.1, -0.05) is 11.8 Å². The van der Waals surface area contributed by atoms with Gasteiger partial charge in [-0.3, -0.25) is 9.59 Å². The predicted octanol–water partition coefficient (Wildman–Crippen LogP) is 1.91. The molecule has 0 bridgehead atoms. The maximum absolute atomic E-state index is 13.3. The summed E-state index contributed by atoms with van der Waals surface area (Å²) in [5, 5.41) is 8.75. The molecule has 0 radical (unpaired) electrons. The van der Waals surface area contributed by atoms with Crippen LogP contribution in [0.15, 0.2) is 18.2 Å². The molecule has 1 saturated heterocycles. The molecule has 7 heteroatoms. The first-order chi connectivity index (χ1) is 9.38. The molecule has 1 heterocycles. The largest absolute Gasteiger partial charge is 0.478 e. The fraction of sp³-hybridized carbons (Fsp3) is 0.308. The van der Waals surface area contributed by atoms with Gasteiger partial charge in [-0.2, -0.15) is 0 Å². The van der Waals surface area contributed by atoms with Gasteiger partial charge in [0.15, 0.2) is 5.12 Å².